The Labute approximate surface area is 332 Å². The van der Waals surface area contributed by atoms with Crippen molar-refractivity contribution in [2.45, 2.75) is 6.54 Å². The van der Waals surface area contributed by atoms with Crippen LogP contribution >= 0.6 is 11.3 Å². The van der Waals surface area contributed by atoms with Gasteiger partial charge in [-0.25, -0.2) is 4.99 Å². The number of amidine groups is 2. The molecule has 11 rings (SSSR count). The Morgan fingerprint density at radius 1 is 0.544 bits per heavy atom. The summed E-state index contributed by atoms with van der Waals surface area (Å²) in [6, 6.07) is 63.4. The minimum atomic E-state index is 0.396. The highest BCUT2D eigenvalue weighted by Crippen LogP contribution is 2.46. The summed E-state index contributed by atoms with van der Waals surface area (Å²) in [6.45, 7) is 0.453. The molecular weight excluding hydrogens is 717 g/mol. The molecule has 11 aromatic rings. The van der Waals surface area contributed by atoms with Crippen molar-refractivity contribution >= 4 is 86.9 Å². The lowest BCUT2D eigenvalue weighted by atomic mass is 9.99. The summed E-state index contributed by atoms with van der Waals surface area (Å²) in [5, 5.41) is 7.02. The number of thiophene rings is 1. The van der Waals surface area contributed by atoms with E-state index in [1.807, 2.05) is 65.9 Å². The third-order valence-electron chi connectivity index (χ3n) is 10.9. The van der Waals surface area contributed by atoms with Crippen molar-refractivity contribution in [3.8, 4) is 16.8 Å². The summed E-state index contributed by atoms with van der Waals surface area (Å²) in [5.74, 6) is 0.920. The fraction of sp³-hybridized carbons (Fsp3) is 0.0196. The molecule has 5 nitrogen and oxygen atoms in total. The first-order chi connectivity index (χ1) is 28.2. The lowest BCUT2D eigenvalue weighted by Gasteiger charge is -2.10. The number of aromatic nitrogens is 1. The van der Waals surface area contributed by atoms with E-state index in [1.165, 1.54) is 47.7 Å². The average molecular weight is 751 g/mol. The molecule has 0 fully saturated rings. The van der Waals surface area contributed by atoms with Gasteiger partial charge in [-0.1, -0.05) is 152 Å². The molecule has 2 N–H and O–H groups in total. The van der Waals surface area contributed by atoms with Gasteiger partial charge in [0.25, 0.3) is 0 Å². The zero-order valence-electron chi connectivity index (χ0n) is 30.8. The normalized spacial score (nSPS) is 12.6. The van der Waals surface area contributed by atoms with Crippen LogP contribution in [0.2, 0.25) is 0 Å². The van der Waals surface area contributed by atoms with E-state index in [4.69, 9.17) is 20.1 Å². The van der Waals surface area contributed by atoms with Crippen LogP contribution in [0.5, 0.6) is 0 Å². The maximum atomic E-state index is 7.00. The predicted octanol–water partition coefficient (Wildman–Crippen LogP) is 13.1. The molecule has 0 unspecified atom stereocenters. The number of nitrogens with two attached hydrogens (primary N) is 1. The molecule has 57 heavy (non-hydrogen) atoms. The van der Waals surface area contributed by atoms with Crippen molar-refractivity contribution in [2.24, 2.45) is 15.7 Å². The van der Waals surface area contributed by atoms with Crippen molar-refractivity contribution in [1.29, 1.82) is 0 Å². The molecule has 0 spiro atoms. The highest BCUT2D eigenvalue weighted by Gasteiger charge is 2.21. The second-order valence-corrected chi connectivity index (χ2v) is 15.3. The van der Waals surface area contributed by atoms with Crippen molar-refractivity contribution in [2.75, 3.05) is 0 Å². The molecule has 0 aliphatic heterocycles. The quantitative estimate of drug-likeness (QED) is 0.136. The van der Waals surface area contributed by atoms with E-state index >= 15 is 0 Å². The van der Waals surface area contributed by atoms with Gasteiger partial charge in [-0.2, -0.15) is 0 Å². The number of fused-ring (bicyclic) bond motifs is 9. The van der Waals surface area contributed by atoms with Crippen LogP contribution in [-0.4, -0.2) is 16.2 Å². The molecule has 0 amide bonds. The second kappa shape index (κ2) is 13.5. The maximum Gasteiger partial charge on any atom is 0.161 e. The Bertz CT molecular complexity index is 3340. The largest absolute Gasteiger partial charge is 0.455 e. The number of benzene rings is 8. The second-order valence-electron chi connectivity index (χ2n) is 14.3. The van der Waals surface area contributed by atoms with Crippen LogP contribution in [0.3, 0.4) is 0 Å². The molecule has 0 saturated carbocycles. The number of hydrogen-bond acceptors (Lipinski definition) is 3. The van der Waals surface area contributed by atoms with Gasteiger partial charge in [0.15, 0.2) is 5.84 Å². The van der Waals surface area contributed by atoms with Crippen molar-refractivity contribution in [3.05, 3.63) is 199 Å². The molecule has 6 heteroatoms. The van der Waals surface area contributed by atoms with Crippen LogP contribution in [0.25, 0.3) is 80.7 Å². The van der Waals surface area contributed by atoms with E-state index in [2.05, 4.69) is 132 Å². The fourth-order valence-corrected chi connectivity index (χ4v) is 9.59. The van der Waals surface area contributed by atoms with Crippen molar-refractivity contribution in [3.63, 3.8) is 0 Å². The summed E-state index contributed by atoms with van der Waals surface area (Å²) < 4.78 is 11.9. The first-order valence-corrected chi connectivity index (χ1v) is 19.9. The smallest absolute Gasteiger partial charge is 0.161 e. The van der Waals surface area contributed by atoms with Crippen LogP contribution in [0.1, 0.15) is 16.7 Å². The maximum absolute atomic E-state index is 7.00. The molecule has 0 aliphatic carbocycles. The number of furan rings is 1. The molecule has 0 bridgehead atoms. The monoisotopic (exact) mass is 750 g/mol. The van der Waals surface area contributed by atoms with E-state index in [1.54, 1.807) is 0 Å². The Morgan fingerprint density at radius 2 is 1.14 bits per heavy atom. The summed E-state index contributed by atoms with van der Waals surface area (Å²) >= 11 is 1.83. The number of nitrogens with zero attached hydrogens (tertiary/aromatic N) is 3. The van der Waals surface area contributed by atoms with Crippen molar-refractivity contribution in [1.82, 2.24) is 4.57 Å². The lowest BCUT2D eigenvalue weighted by Crippen LogP contribution is -2.16. The Hall–Kier alpha value is -7.28. The van der Waals surface area contributed by atoms with Gasteiger partial charge in [-0.15, -0.1) is 11.3 Å². The molecule has 3 aromatic heterocycles. The van der Waals surface area contributed by atoms with Gasteiger partial charge in [0, 0.05) is 58.4 Å². The number of aliphatic imine (C=N–C) groups is 2. The molecule has 0 saturated heterocycles. The number of para-hydroxylation sites is 4. The lowest BCUT2D eigenvalue weighted by molar-refractivity contribution is 0.669. The Morgan fingerprint density at radius 3 is 1.89 bits per heavy atom. The average Bonchev–Trinajstić information content (AvgIpc) is 3.96. The van der Waals surface area contributed by atoms with Crippen LogP contribution in [-0.2, 0) is 6.54 Å². The van der Waals surface area contributed by atoms with Crippen molar-refractivity contribution < 1.29 is 4.42 Å². The zero-order chi connectivity index (χ0) is 37.9. The number of rotatable bonds is 6. The molecule has 3 heterocycles. The van der Waals surface area contributed by atoms with E-state index in [-0.39, 0.29) is 0 Å². The van der Waals surface area contributed by atoms with Crippen LogP contribution in [0.15, 0.2) is 196 Å². The highest BCUT2D eigenvalue weighted by molar-refractivity contribution is 7.26. The molecule has 0 atom stereocenters. The number of hydrogen-bond donors (Lipinski definition) is 1. The van der Waals surface area contributed by atoms with Gasteiger partial charge < -0.3 is 14.7 Å². The van der Waals surface area contributed by atoms with Gasteiger partial charge in [0.05, 0.1) is 28.8 Å². The Kier molecular flexibility index (Phi) is 7.83. The first kappa shape index (κ1) is 33.1. The third kappa shape index (κ3) is 5.45. The molecule has 0 radical (unpaired) electrons. The molecule has 8 aromatic carbocycles. The van der Waals surface area contributed by atoms with Crippen LogP contribution in [0, 0.1) is 0 Å². The van der Waals surface area contributed by atoms with Gasteiger partial charge in [-0.3, -0.25) is 4.99 Å². The summed E-state index contributed by atoms with van der Waals surface area (Å²) in [4.78, 5) is 10.0. The van der Waals surface area contributed by atoms with Crippen LogP contribution < -0.4 is 5.73 Å². The summed E-state index contributed by atoms with van der Waals surface area (Å²) in [5.41, 5.74) is 16.7. The molecule has 270 valence electrons. The minimum absolute atomic E-state index is 0.396. The first-order valence-electron chi connectivity index (χ1n) is 19.1. The summed E-state index contributed by atoms with van der Waals surface area (Å²) in [7, 11) is 0. The van der Waals surface area contributed by atoms with E-state index in [0.29, 0.717) is 18.2 Å². The van der Waals surface area contributed by atoms with E-state index in [9.17, 15) is 0 Å². The van der Waals surface area contributed by atoms with Crippen LogP contribution in [0.4, 0.5) is 0 Å². The van der Waals surface area contributed by atoms with Gasteiger partial charge in [0.1, 0.15) is 17.0 Å². The van der Waals surface area contributed by atoms with Gasteiger partial charge >= 0.3 is 0 Å². The Balaban J connectivity index is 1.11. The highest BCUT2D eigenvalue weighted by atomic mass is 32.1. The van der Waals surface area contributed by atoms with Gasteiger partial charge in [-0.05, 0) is 35.9 Å². The summed E-state index contributed by atoms with van der Waals surface area (Å²) in [6.07, 6.45) is 0. The topological polar surface area (TPSA) is 68.8 Å². The standard InChI is InChI=1S/C51H34N4OS/c52-50(33-17-5-2-6-18-33)54-51(53-31-32-15-3-1-4-16-32)41-26-12-22-37-36-21-11-23-38(47(36)56-48(37)41)39-24-13-25-40-46-44(29-14-30-45(46)57-49(39)40)55-42-27-9-7-19-34(42)35-20-8-10-28-43(35)55/h1-30H,31H2,(H2,52,53,54). The molecular formula is C51H34N4OS. The third-order valence-corrected chi connectivity index (χ3v) is 12.1. The van der Waals surface area contributed by atoms with E-state index < -0.39 is 0 Å². The fourth-order valence-electron chi connectivity index (χ4n) is 8.34. The predicted molar refractivity (Wildman–Crippen MR) is 240 cm³/mol. The SMILES string of the molecule is N/C(=N\C(=N/Cc1ccccc1)c1cccc2c1oc1c(-c3cccc4c3sc3cccc(-n5c6ccccc6c6ccccc65)c34)cccc12)c1ccccc1. The molecule has 0 aliphatic rings. The van der Waals surface area contributed by atoms with Gasteiger partial charge in [0.2, 0.25) is 0 Å². The minimum Gasteiger partial charge on any atom is -0.455 e. The van der Waals surface area contributed by atoms with E-state index in [0.717, 1.165) is 49.8 Å². The zero-order valence-corrected chi connectivity index (χ0v) is 31.6.